The highest BCUT2D eigenvalue weighted by molar-refractivity contribution is 7.47. The third-order valence-corrected chi connectivity index (χ3v) is 10.7. The summed E-state index contributed by atoms with van der Waals surface area (Å²) < 4.78 is 42.7. The fourth-order valence-electron chi connectivity index (χ4n) is 5.40. The minimum absolute atomic E-state index is 0.215. The van der Waals surface area contributed by atoms with Gasteiger partial charge in [-0.15, -0.1) is 0 Å². The van der Waals surface area contributed by atoms with Crippen LogP contribution in [0.25, 0.3) is 0 Å². The molecule has 0 saturated heterocycles. The van der Waals surface area contributed by atoms with Gasteiger partial charge in [0.15, 0.2) is 0 Å². The maximum Gasteiger partial charge on any atom is 0.472 e. The summed E-state index contributed by atoms with van der Waals surface area (Å²) in [5, 5.41) is 36.3. The molecular formula is C37H86N8O9P2. The van der Waals surface area contributed by atoms with E-state index in [4.69, 9.17) is 23.6 Å². The van der Waals surface area contributed by atoms with Crippen LogP contribution in [0.3, 0.4) is 0 Å². The van der Waals surface area contributed by atoms with E-state index >= 15 is 0 Å². The van der Waals surface area contributed by atoms with Gasteiger partial charge in [0.2, 0.25) is 0 Å². The summed E-state index contributed by atoms with van der Waals surface area (Å²) >= 11 is 0. The molecule has 0 saturated carbocycles. The summed E-state index contributed by atoms with van der Waals surface area (Å²) in [5.74, 6) is 0. The highest BCUT2D eigenvalue weighted by Crippen LogP contribution is 2.43. The van der Waals surface area contributed by atoms with Crippen LogP contribution in [0.2, 0.25) is 0 Å². The Bertz CT molecular complexity index is 894. The Morgan fingerprint density at radius 3 is 0.804 bits per heavy atom. The lowest BCUT2D eigenvalue weighted by molar-refractivity contribution is 0.145. The van der Waals surface area contributed by atoms with Crippen molar-refractivity contribution in [3.8, 4) is 0 Å². The molecule has 2 atom stereocenters. The van der Waals surface area contributed by atoms with E-state index in [1.165, 1.54) is 12.8 Å². The van der Waals surface area contributed by atoms with Gasteiger partial charge < -0.3 is 57.4 Å². The zero-order valence-corrected chi connectivity index (χ0v) is 36.9. The second-order valence-corrected chi connectivity index (χ2v) is 17.0. The van der Waals surface area contributed by atoms with Crippen LogP contribution in [0.4, 0.5) is 0 Å². The van der Waals surface area contributed by atoms with Gasteiger partial charge in [0, 0.05) is 13.7 Å². The average molecular weight is 849 g/mol. The van der Waals surface area contributed by atoms with Crippen LogP contribution < -0.4 is 42.5 Å². The van der Waals surface area contributed by atoms with Gasteiger partial charge in [0.25, 0.3) is 0 Å². The molecule has 338 valence electrons. The molecule has 56 heavy (non-hydrogen) atoms. The molecule has 0 bridgehead atoms. The molecule has 0 aliphatic heterocycles. The van der Waals surface area contributed by atoms with E-state index in [9.17, 15) is 14.0 Å². The van der Waals surface area contributed by atoms with E-state index in [-0.39, 0.29) is 26.4 Å². The Kier molecular flexibility index (Phi) is 44.3. The quantitative estimate of drug-likeness (QED) is 0.0313. The number of aliphatic hydroxyl groups excluding tert-OH is 1. The minimum atomic E-state index is -3.98. The van der Waals surface area contributed by atoms with E-state index < -0.39 is 15.6 Å². The fourth-order valence-corrected chi connectivity index (χ4v) is 6.66. The fraction of sp³-hybridized carbons (Fsp3) is 1.00. The lowest BCUT2D eigenvalue weighted by Crippen LogP contribution is -2.25. The molecule has 11 N–H and O–H groups in total. The van der Waals surface area contributed by atoms with E-state index in [1.54, 1.807) is 0 Å². The van der Waals surface area contributed by atoms with Crippen molar-refractivity contribution in [2.45, 2.75) is 103 Å². The first-order chi connectivity index (χ1) is 27.3. The summed E-state index contributed by atoms with van der Waals surface area (Å²) in [5.41, 5.74) is 0. The Hall–Kier alpha value is -0.140. The normalized spacial score (nSPS) is 14.0. The molecule has 0 aromatic carbocycles. The number of unbranched alkanes of at least 4 members (excludes halogenated alkanes) is 6. The SMILES string of the molecule is COP(=O)(O)OCCCCNCCCNCCCCNCCCNCCCCOP(=O)(O)OCCCCNCCCNCCCCNCCCNCCCCO. The van der Waals surface area contributed by atoms with Crippen LogP contribution >= 0.6 is 15.6 Å². The summed E-state index contributed by atoms with van der Waals surface area (Å²) in [6.07, 6.45) is 15.7. The topological polar surface area (TPSA) is 228 Å². The molecule has 0 aromatic heterocycles. The van der Waals surface area contributed by atoms with Crippen LogP contribution in [-0.4, -0.2) is 153 Å². The largest absolute Gasteiger partial charge is 0.472 e. The number of phosphoric acid groups is 2. The molecule has 0 amide bonds. The van der Waals surface area contributed by atoms with Crippen molar-refractivity contribution in [3.05, 3.63) is 0 Å². The molecule has 0 aliphatic carbocycles. The molecule has 0 rings (SSSR count). The Morgan fingerprint density at radius 2 is 0.554 bits per heavy atom. The highest BCUT2D eigenvalue weighted by atomic mass is 31.2. The summed E-state index contributed by atoms with van der Waals surface area (Å²) in [6.45, 7) is 16.6. The second kappa shape index (κ2) is 44.4. The number of hydrogen-bond donors (Lipinski definition) is 11. The van der Waals surface area contributed by atoms with Gasteiger partial charge in [-0.1, -0.05) is 0 Å². The van der Waals surface area contributed by atoms with Gasteiger partial charge in [-0.2, -0.15) is 0 Å². The van der Waals surface area contributed by atoms with Gasteiger partial charge in [-0.3, -0.25) is 18.1 Å². The van der Waals surface area contributed by atoms with Gasteiger partial charge in [0.1, 0.15) is 0 Å². The molecule has 0 radical (unpaired) electrons. The lowest BCUT2D eigenvalue weighted by atomic mass is 10.3. The number of nitrogens with one attached hydrogen (secondary N) is 8. The van der Waals surface area contributed by atoms with Crippen LogP contribution in [0.15, 0.2) is 0 Å². The third-order valence-electron chi connectivity index (χ3n) is 8.74. The zero-order valence-electron chi connectivity index (χ0n) is 35.1. The van der Waals surface area contributed by atoms with Gasteiger partial charge >= 0.3 is 15.6 Å². The van der Waals surface area contributed by atoms with Crippen LogP contribution in [0.5, 0.6) is 0 Å². The van der Waals surface area contributed by atoms with Crippen molar-refractivity contribution in [1.82, 2.24) is 42.5 Å². The standard InChI is InChI=1S/C37H86N8O9P2/c1-51-55(47,48)52-35-11-7-23-43-31-15-27-39-20-4-5-21-41-29-17-33-45-25-9-13-37-54-56(49,50)53-36-12-8-24-44-32-16-28-40-19-3-2-18-38-26-14-30-42-22-6-10-34-46/h38-46H,2-37H2,1H3,(H,47,48)(H,49,50). The molecule has 17 nitrogen and oxygen atoms in total. The monoisotopic (exact) mass is 849 g/mol. The molecule has 0 aromatic rings. The smallest absolute Gasteiger partial charge is 0.396 e. The first-order valence-electron chi connectivity index (χ1n) is 21.7. The second-order valence-electron chi connectivity index (χ2n) is 14.0. The highest BCUT2D eigenvalue weighted by Gasteiger charge is 2.20. The van der Waals surface area contributed by atoms with Crippen molar-refractivity contribution in [2.24, 2.45) is 0 Å². The van der Waals surface area contributed by atoms with E-state index in [2.05, 4.69) is 47.1 Å². The zero-order chi connectivity index (χ0) is 40.9. The van der Waals surface area contributed by atoms with Gasteiger partial charge in [-0.25, -0.2) is 9.13 Å². The summed E-state index contributed by atoms with van der Waals surface area (Å²) in [7, 11) is -6.67. The van der Waals surface area contributed by atoms with Crippen molar-refractivity contribution in [3.63, 3.8) is 0 Å². The maximum atomic E-state index is 12.1. The number of hydrogen-bond acceptors (Lipinski definition) is 15. The molecule has 0 heterocycles. The van der Waals surface area contributed by atoms with Gasteiger partial charge in [-0.05, 0) is 207 Å². The lowest BCUT2D eigenvalue weighted by Gasteiger charge is -2.12. The van der Waals surface area contributed by atoms with E-state index in [0.29, 0.717) is 19.3 Å². The summed E-state index contributed by atoms with van der Waals surface area (Å²) in [6, 6.07) is 0. The van der Waals surface area contributed by atoms with Crippen molar-refractivity contribution in [1.29, 1.82) is 0 Å². The summed E-state index contributed by atoms with van der Waals surface area (Å²) in [4.78, 5) is 19.0. The minimum Gasteiger partial charge on any atom is -0.396 e. The van der Waals surface area contributed by atoms with E-state index in [1.807, 2.05) is 0 Å². The number of phosphoric ester groups is 2. The molecule has 2 unspecified atom stereocenters. The molecule has 0 spiro atoms. The van der Waals surface area contributed by atoms with Crippen molar-refractivity contribution < 1.29 is 42.1 Å². The Balaban J connectivity index is 3.26. The van der Waals surface area contributed by atoms with Crippen molar-refractivity contribution >= 4 is 15.6 Å². The molecule has 19 heteroatoms. The maximum absolute atomic E-state index is 12.1. The predicted molar refractivity (Wildman–Crippen MR) is 228 cm³/mol. The molecule has 0 fully saturated rings. The number of aliphatic hydroxyl groups is 1. The first-order valence-corrected chi connectivity index (χ1v) is 24.7. The van der Waals surface area contributed by atoms with Crippen molar-refractivity contribution in [2.75, 3.05) is 138 Å². The Morgan fingerprint density at radius 1 is 0.339 bits per heavy atom. The number of rotatable bonds is 49. The van der Waals surface area contributed by atoms with Crippen LogP contribution in [0.1, 0.15) is 103 Å². The van der Waals surface area contributed by atoms with Crippen LogP contribution in [-0.2, 0) is 27.2 Å². The molecule has 0 aliphatic rings. The third kappa shape index (κ3) is 46.5. The predicted octanol–water partition coefficient (Wildman–Crippen LogP) is 2.83. The average Bonchev–Trinajstić information content (AvgIpc) is 3.18. The first kappa shape index (κ1) is 55.9. The van der Waals surface area contributed by atoms with E-state index in [0.717, 1.165) is 182 Å². The van der Waals surface area contributed by atoms with Gasteiger partial charge in [0.05, 0.1) is 19.8 Å². The van der Waals surface area contributed by atoms with Crippen LogP contribution in [0, 0.1) is 0 Å². The Labute approximate surface area is 340 Å². The molecular weight excluding hydrogens is 762 g/mol.